The van der Waals surface area contributed by atoms with E-state index >= 15 is 0 Å². The fourth-order valence-corrected chi connectivity index (χ4v) is 3.06. The number of hydrogen-bond donors (Lipinski definition) is 1. The lowest BCUT2D eigenvalue weighted by Gasteiger charge is -2.24. The van der Waals surface area contributed by atoms with E-state index in [4.69, 9.17) is 4.98 Å². The monoisotopic (exact) mass is 367 g/mol. The molecular formula is C21H29N5O. The Morgan fingerprint density at radius 3 is 2.37 bits per heavy atom. The Bertz CT molecular complexity index is 795. The van der Waals surface area contributed by atoms with Crippen LogP contribution in [0.1, 0.15) is 58.1 Å². The number of unbranched alkanes of at least 4 members (excludes halogenated alkanes) is 3. The highest BCUT2D eigenvalue weighted by atomic mass is 16.1. The molecule has 0 aliphatic rings. The molecule has 0 aliphatic heterocycles. The molecule has 1 aromatic heterocycles. The molecule has 144 valence electrons. The molecule has 1 atom stereocenters. The van der Waals surface area contributed by atoms with Crippen LogP contribution >= 0.6 is 0 Å². The number of nitrogens with zero attached hydrogens (tertiary/aromatic N) is 4. The first-order valence-electron chi connectivity index (χ1n) is 9.85. The van der Waals surface area contributed by atoms with Gasteiger partial charge in [0.2, 0.25) is 5.91 Å². The highest BCUT2D eigenvalue weighted by molar-refractivity contribution is 5.88. The van der Waals surface area contributed by atoms with E-state index in [2.05, 4.69) is 23.3 Å². The van der Waals surface area contributed by atoms with Crippen LogP contribution in [0.25, 0.3) is 11.0 Å². The van der Waals surface area contributed by atoms with Crippen LogP contribution in [-0.2, 0) is 4.79 Å². The van der Waals surface area contributed by atoms with Crippen molar-refractivity contribution >= 4 is 22.8 Å². The van der Waals surface area contributed by atoms with Gasteiger partial charge >= 0.3 is 0 Å². The number of benzene rings is 1. The average Bonchev–Trinajstić information content (AvgIpc) is 2.69. The van der Waals surface area contributed by atoms with Crippen molar-refractivity contribution in [1.29, 1.82) is 5.26 Å². The molecule has 27 heavy (non-hydrogen) atoms. The minimum Gasteiger partial charge on any atom is -0.356 e. The molecule has 2 aromatic rings. The molecule has 1 aromatic carbocycles. The smallest absolute Gasteiger partial charge is 0.243 e. The third kappa shape index (κ3) is 5.16. The first kappa shape index (κ1) is 20.6. The molecule has 0 radical (unpaired) electrons. The van der Waals surface area contributed by atoms with Crippen molar-refractivity contribution in [3.05, 3.63) is 30.0 Å². The van der Waals surface area contributed by atoms with Gasteiger partial charge < -0.3 is 10.2 Å². The fraction of sp³-hybridized carbons (Fsp3) is 0.524. The second kappa shape index (κ2) is 10.5. The van der Waals surface area contributed by atoms with Crippen LogP contribution in [0.15, 0.2) is 24.3 Å². The maximum Gasteiger partial charge on any atom is 0.243 e. The quantitative estimate of drug-likeness (QED) is 0.646. The molecule has 1 amide bonds. The van der Waals surface area contributed by atoms with Gasteiger partial charge in [-0.15, -0.1) is 0 Å². The molecule has 0 saturated heterocycles. The van der Waals surface area contributed by atoms with Crippen LogP contribution in [0.3, 0.4) is 0 Å². The van der Waals surface area contributed by atoms with E-state index in [-0.39, 0.29) is 5.91 Å². The van der Waals surface area contributed by atoms with Gasteiger partial charge in [0, 0.05) is 19.6 Å². The molecule has 6 heteroatoms. The summed E-state index contributed by atoms with van der Waals surface area (Å²) in [5.74, 6) is -0.651. The third-order valence-corrected chi connectivity index (χ3v) is 4.64. The fourth-order valence-electron chi connectivity index (χ4n) is 3.06. The van der Waals surface area contributed by atoms with Crippen LogP contribution in [-0.4, -0.2) is 35.5 Å². The molecule has 0 spiro atoms. The van der Waals surface area contributed by atoms with Gasteiger partial charge in [-0.3, -0.25) is 4.79 Å². The Labute approximate surface area is 161 Å². The highest BCUT2D eigenvalue weighted by Gasteiger charge is 2.27. The van der Waals surface area contributed by atoms with Gasteiger partial charge in [0.25, 0.3) is 0 Å². The summed E-state index contributed by atoms with van der Waals surface area (Å²) in [4.78, 5) is 24.1. The summed E-state index contributed by atoms with van der Waals surface area (Å²) in [6, 6.07) is 9.68. The van der Waals surface area contributed by atoms with Crippen molar-refractivity contribution in [2.75, 3.05) is 24.5 Å². The topological polar surface area (TPSA) is 81.9 Å². The van der Waals surface area contributed by atoms with Gasteiger partial charge in [0.1, 0.15) is 5.69 Å². The van der Waals surface area contributed by atoms with Crippen LogP contribution in [0, 0.1) is 11.3 Å². The van der Waals surface area contributed by atoms with E-state index < -0.39 is 5.92 Å². The average molecular weight is 367 g/mol. The number of amides is 1. The molecule has 1 heterocycles. The summed E-state index contributed by atoms with van der Waals surface area (Å²) >= 11 is 0. The van der Waals surface area contributed by atoms with E-state index in [1.165, 1.54) is 0 Å². The molecule has 2 rings (SSSR count). The number of para-hydroxylation sites is 2. The third-order valence-electron chi connectivity index (χ3n) is 4.64. The number of anilines is 1. The van der Waals surface area contributed by atoms with E-state index in [1.54, 1.807) is 0 Å². The van der Waals surface area contributed by atoms with Gasteiger partial charge in [0.15, 0.2) is 11.7 Å². The van der Waals surface area contributed by atoms with Gasteiger partial charge in [-0.1, -0.05) is 38.3 Å². The Morgan fingerprint density at radius 1 is 1.11 bits per heavy atom. The SMILES string of the molecule is CCCCCCNC(=O)[C@H](C#N)c1nc2ccccc2nc1N(CC)CC. The molecule has 0 bridgehead atoms. The maximum absolute atomic E-state index is 12.7. The lowest BCUT2D eigenvalue weighted by atomic mass is 10.0. The van der Waals surface area contributed by atoms with Crippen LogP contribution < -0.4 is 10.2 Å². The van der Waals surface area contributed by atoms with Crippen LogP contribution in [0.2, 0.25) is 0 Å². The van der Waals surface area contributed by atoms with Crippen molar-refractivity contribution < 1.29 is 4.79 Å². The Morgan fingerprint density at radius 2 is 1.78 bits per heavy atom. The number of rotatable bonds is 10. The van der Waals surface area contributed by atoms with Crippen molar-refractivity contribution in [1.82, 2.24) is 15.3 Å². The molecular weight excluding hydrogens is 338 g/mol. The van der Waals surface area contributed by atoms with Crippen molar-refractivity contribution in [3.8, 4) is 6.07 Å². The van der Waals surface area contributed by atoms with Gasteiger partial charge in [-0.05, 0) is 32.4 Å². The Balaban J connectivity index is 2.33. The number of nitrogens with one attached hydrogen (secondary N) is 1. The lowest BCUT2D eigenvalue weighted by Crippen LogP contribution is -2.32. The van der Waals surface area contributed by atoms with E-state index in [1.807, 2.05) is 43.0 Å². The molecule has 0 saturated carbocycles. The first-order valence-corrected chi connectivity index (χ1v) is 9.85. The second-order valence-corrected chi connectivity index (χ2v) is 6.51. The van der Waals surface area contributed by atoms with Gasteiger partial charge in [0.05, 0.1) is 17.1 Å². The highest BCUT2D eigenvalue weighted by Crippen LogP contribution is 2.27. The van der Waals surface area contributed by atoms with Crippen molar-refractivity contribution in [2.24, 2.45) is 0 Å². The van der Waals surface area contributed by atoms with E-state index in [0.717, 1.165) is 44.3 Å². The van der Waals surface area contributed by atoms with Crippen LogP contribution in [0.4, 0.5) is 5.82 Å². The molecule has 0 unspecified atom stereocenters. The van der Waals surface area contributed by atoms with Crippen molar-refractivity contribution in [3.63, 3.8) is 0 Å². The summed E-state index contributed by atoms with van der Waals surface area (Å²) in [5, 5.41) is 12.6. The van der Waals surface area contributed by atoms with Crippen molar-refractivity contribution in [2.45, 2.75) is 52.4 Å². The minimum atomic E-state index is -0.969. The van der Waals surface area contributed by atoms with Gasteiger partial charge in [-0.25, -0.2) is 9.97 Å². The normalized spacial score (nSPS) is 11.8. The predicted molar refractivity (Wildman–Crippen MR) is 109 cm³/mol. The number of carbonyl (C=O) groups excluding carboxylic acids is 1. The summed E-state index contributed by atoms with van der Waals surface area (Å²) in [5.41, 5.74) is 1.89. The summed E-state index contributed by atoms with van der Waals surface area (Å²) in [6.07, 6.45) is 4.30. The first-order chi connectivity index (χ1) is 13.2. The zero-order valence-electron chi connectivity index (χ0n) is 16.5. The zero-order valence-corrected chi connectivity index (χ0v) is 16.5. The minimum absolute atomic E-state index is 0.299. The van der Waals surface area contributed by atoms with E-state index in [0.29, 0.717) is 23.6 Å². The lowest BCUT2D eigenvalue weighted by molar-refractivity contribution is -0.121. The molecule has 0 aliphatic carbocycles. The van der Waals surface area contributed by atoms with E-state index in [9.17, 15) is 10.1 Å². The summed E-state index contributed by atoms with van der Waals surface area (Å²) in [7, 11) is 0. The summed E-state index contributed by atoms with van der Waals surface area (Å²) in [6.45, 7) is 8.25. The Hall–Kier alpha value is -2.68. The van der Waals surface area contributed by atoms with Crippen LogP contribution in [0.5, 0.6) is 0 Å². The predicted octanol–water partition coefficient (Wildman–Crippen LogP) is 3.78. The Kier molecular flexibility index (Phi) is 8.00. The number of aromatic nitrogens is 2. The summed E-state index contributed by atoms with van der Waals surface area (Å²) < 4.78 is 0. The molecule has 1 N–H and O–H groups in total. The largest absolute Gasteiger partial charge is 0.356 e. The number of hydrogen-bond acceptors (Lipinski definition) is 5. The number of nitriles is 1. The number of carbonyl (C=O) groups is 1. The molecule has 6 nitrogen and oxygen atoms in total. The molecule has 0 fully saturated rings. The van der Waals surface area contributed by atoms with Gasteiger partial charge in [-0.2, -0.15) is 5.26 Å². The zero-order chi connectivity index (χ0) is 19.6. The second-order valence-electron chi connectivity index (χ2n) is 6.51. The maximum atomic E-state index is 12.7. The standard InChI is InChI=1S/C21H29N5O/c1-4-7-8-11-14-23-21(27)16(15-22)19-20(26(5-2)6-3)25-18-13-10-9-12-17(18)24-19/h9-10,12-13,16H,4-8,11,14H2,1-3H3,(H,23,27)/t16-/m1/s1. The number of fused-ring (bicyclic) bond motifs is 1.